The van der Waals surface area contributed by atoms with E-state index in [1.807, 2.05) is 21.1 Å². The highest BCUT2D eigenvalue weighted by molar-refractivity contribution is 5.71. The van der Waals surface area contributed by atoms with Crippen LogP contribution in [0.5, 0.6) is 0 Å². The van der Waals surface area contributed by atoms with Gasteiger partial charge in [0.2, 0.25) is 0 Å². The van der Waals surface area contributed by atoms with E-state index in [4.69, 9.17) is 18.9 Å². The molecule has 0 aliphatic rings. The van der Waals surface area contributed by atoms with Crippen LogP contribution in [0.15, 0.2) is 97.2 Å². The summed E-state index contributed by atoms with van der Waals surface area (Å²) in [5, 5.41) is 9.65. The predicted molar refractivity (Wildman–Crippen MR) is 290 cm³/mol. The molecule has 0 aliphatic heterocycles. The zero-order valence-corrected chi connectivity index (χ0v) is 44.7. The number of carbonyl (C=O) groups excluding carboxylic acids is 2. The Labute approximate surface area is 422 Å². The van der Waals surface area contributed by atoms with Crippen LogP contribution in [0.4, 0.5) is 0 Å². The SMILES string of the molecule is CC/C=C\C/C=C\C/C=C\C/C=C\C/C=C\C/C=C\C/C=C\C/C=C\CCCCCCCCCCCCC(=O)OC(COC(=O)CCCCCCCCCCC)COC(OCC[N+](C)(C)C)C(=O)O. The molecule has 0 spiro atoms. The Morgan fingerprint density at radius 3 is 1.23 bits per heavy atom. The van der Waals surface area contributed by atoms with E-state index in [1.165, 1.54) is 77.0 Å². The third-order valence-corrected chi connectivity index (χ3v) is 11.4. The highest BCUT2D eigenvalue weighted by Gasteiger charge is 2.25. The number of nitrogens with zero attached hydrogens (tertiary/aromatic N) is 1. The summed E-state index contributed by atoms with van der Waals surface area (Å²) in [6.45, 7) is 4.72. The molecule has 0 aromatic heterocycles. The van der Waals surface area contributed by atoms with Gasteiger partial charge in [0.25, 0.3) is 6.29 Å². The standard InChI is InChI=1S/C60H101NO8/c1-6-8-10-12-14-16-17-18-19-20-21-22-23-24-25-26-27-28-29-30-31-32-33-34-35-36-37-38-39-40-41-43-45-47-49-51-58(63)69-56(55-68-60(59(64)65)66-53-52-61(3,4)5)54-67-57(62)50-48-46-44-42-15-13-11-9-7-2/h8,10,14,16,18-19,21-22,24-25,27-28,30-31,33-34,56,60H,6-7,9,11-13,15,17,20,23,26,29,32,35-55H2,1-5H3/p+1/b10-8-,16-14-,19-18-,22-21-,25-24-,28-27-,31-30-,34-33-. The van der Waals surface area contributed by atoms with Gasteiger partial charge >= 0.3 is 17.9 Å². The summed E-state index contributed by atoms with van der Waals surface area (Å²) < 4.78 is 22.7. The second kappa shape index (κ2) is 50.6. The highest BCUT2D eigenvalue weighted by Crippen LogP contribution is 2.15. The number of carboxylic acids is 1. The van der Waals surface area contributed by atoms with Crippen molar-refractivity contribution in [2.45, 2.75) is 219 Å². The van der Waals surface area contributed by atoms with E-state index in [0.29, 0.717) is 23.9 Å². The average Bonchev–Trinajstić information content (AvgIpc) is 3.31. The van der Waals surface area contributed by atoms with Crippen LogP contribution in [-0.4, -0.2) is 87.4 Å². The lowest BCUT2D eigenvalue weighted by molar-refractivity contribution is -0.870. The fraction of sp³-hybridized carbons (Fsp3) is 0.683. The van der Waals surface area contributed by atoms with Crippen LogP contribution in [0.1, 0.15) is 206 Å². The maximum Gasteiger partial charge on any atom is 0.361 e. The normalized spacial score (nSPS) is 13.6. The number of carboxylic acid groups (broad SMARTS) is 1. The molecule has 9 nitrogen and oxygen atoms in total. The highest BCUT2D eigenvalue weighted by atomic mass is 16.7. The summed E-state index contributed by atoms with van der Waals surface area (Å²) in [5.74, 6) is -2.02. The first-order valence-electron chi connectivity index (χ1n) is 27.4. The smallest absolute Gasteiger partial charge is 0.361 e. The van der Waals surface area contributed by atoms with Crippen LogP contribution in [0.25, 0.3) is 0 Å². The number of unbranched alkanes of at least 4 members (excludes halogenated alkanes) is 18. The minimum absolute atomic E-state index is 0.184. The molecule has 0 aliphatic carbocycles. The predicted octanol–water partition coefficient (Wildman–Crippen LogP) is 15.8. The van der Waals surface area contributed by atoms with E-state index in [9.17, 15) is 19.5 Å². The first-order chi connectivity index (χ1) is 33.6. The third kappa shape index (κ3) is 51.9. The quantitative estimate of drug-likeness (QED) is 0.0211. The Bertz CT molecular complexity index is 1450. The molecule has 0 aromatic rings. The van der Waals surface area contributed by atoms with Crippen molar-refractivity contribution in [2.75, 3.05) is 47.5 Å². The number of hydrogen-bond donors (Lipinski definition) is 1. The number of rotatable bonds is 49. The Hall–Kier alpha value is -3.79. The molecule has 0 saturated carbocycles. The fourth-order valence-electron chi connectivity index (χ4n) is 7.15. The molecule has 69 heavy (non-hydrogen) atoms. The molecule has 0 saturated heterocycles. The van der Waals surface area contributed by atoms with Crippen molar-refractivity contribution < 1.29 is 42.9 Å². The Morgan fingerprint density at radius 2 is 0.826 bits per heavy atom. The molecule has 2 atom stereocenters. The van der Waals surface area contributed by atoms with Crippen LogP contribution in [0.2, 0.25) is 0 Å². The lowest BCUT2D eigenvalue weighted by atomic mass is 10.0. The maximum absolute atomic E-state index is 12.8. The van der Waals surface area contributed by atoms with Crippen molar-refractivity contribution in [3.05, 3.63) is 97.2 Å². The van der Waals surface area contributed by atoms with Gasteiger partial charge in [0.15, 0.2) is 6.10 Å². The number of allylic oxidation sites excluding steroid dienone is 16. The summed E-state index contributed by atoms with van der Waals surface area (Å²) in [5.41, 5.74) is 0. The summed E-state index contributed by atoms with van der Waals surface area (Å²) in [4.78, 5) is 37.1. The topological polar surface area (TPSA) is 108 Å². The van der Waals surface area contributed by atoms with Gasteiger partial charge in [-0.2, -0.15) is 0 Å². The third-order valence-electron chi connectivity index (χ3n) is 11.4. The van der Waals surface area contributed by atoms with Crippen LogP contribution >= 0.6 is 0 Å². The summed E-state index contributed by atoms with van der Waals surface area (Å²) in [7, 11) is 5.95. The number of quaternary nitrogens is 1. The van der Waals surface area contributed by atoms with Crippen LogP contribution < -0.4 is 0 Å². The second-order valence-electron chi connectivity index (χ2n) is 19.2. The van der Waals surface area contributed by atoms with Crippen molar-refractivity contribution in [1.29, 1.82) is 0 Å². The zero-order valence-electron chi connectivity index (χ0n) is 44.7. The molecule has 0 radical (unpaired) electrons. The number of esters is 2. The molecule has 394 valence electrons. The fourth-order valence-corrected chi connectivity index (χ4v) is 7.15. The Kier molecular flexibility index (Phi) is 47.8. The van der Waals surface area contributed by atoms with Crippen LogP contribution in [0.3, 0.4) is 0 Å². The van der Waals surface area contributed by atoms with Gasteiger partial charge in [0, 0.05) is 12.8 Å². The lowest BCUT2D eigenvalue weighted by Gasteiger charge is -2.25. The molecule has 0 aromatic carbocycles. The number of likely N-dealkylation sites (N-methyl/N-ethyl adjacent to an activating group) is 1. The van der Waals surface area contributed by atoms with E-state index in [1.54, 1.807) is 0 Å². The van der Waals surface area contributed by atoms with E-state index in [0.717, 1.165) is 96.3 Å². The average molecular weight is 965 g/mol. The molecule has 0 rings (SSSR count). The molecule has 0 heterocycles. The molecular weight excluding hydrogens is 863 g/mol. The first-order valence-corrected chi connectivity index (χ1v) is 27.4. The lowest BCUT2D eigenvalue weighted by Crippen LogP contribution is -2.40. The monoisotopic (exact) mass is 965 g/mol. The number of hydrogen-bond acceptors (Lipinski definition) is 7. The molecule has 9 heteroatoms. The molecule has 1 N–H and O–H groups in total. The van der Waals surface area contributed by atoms with Crippen molar-refractivity contribution in [3.63, 3.8) is 0 Å². The van der Waals surface area contributed by atoms with Gasteiger partial charge in [-0.25, -0.2) is 4.79 Å². The maximum atomic E-state index is 12.8. The molecule has 0 fully saturated rings. The van der Waals surface area contributed by atoms with Crippen molar-refractivity contribution >= 4 is 17.9 Å². The second-order valence-corrected chi connectivity index (χ2v) is 19.2. The van der Waals surface area contributed by atoms with E-state index in [-0.39, 0.29) is 32.2 Å². The van der Waals surface area contributed by atoms with Crippen molar-refractivity contribution in [3.8, 4) is 0 Å². The minimum atomic E-state index is -1.51. The Morgan fingerprint density at radius 1 is 0.449 bits per heavy atom. The summed E-state index contributed by atoms with van der Waals surface area (Å²) in [6.07, 6.45) is 65.0. The summed E-state index contributed by atoms with van der Waals surface area (Å²) in [6, 6.07) is 0. The van der Waals surface area contributed by atoms with Gasteiger partial charge < -0.3 is 28.5 Å². The first kappa shape index (κ1) is 65.2. The number of ether oxygens (including phenoxy) is 4. The van der Waals surface area contributed by atoms with Gasteiger partial charge in [-0.05, 0) is 77.0 Å². The largest absolute Gasteiger partial charge is 0.477 e. The van der Waals surface area contributed by atoms with Crippen LogP contribution in [0, 0.1) is 0 Å². The molecule has 0 bridgehead atoms. The van der Waals surface area contributed by atoms with E-state index >= 15 is 0 Å². The Balaban J connectivity index is 4.13. The van der Waals surface area contributed by atoms with E-state index in [2.05, 4.69) is 111 Å². The molecule has 0 amide bonds. The van der Waals surface area contributed by atoms with Gasteiger partial charge in [-0.15, -0.1) is 0 Å². The van der Waals surface area contributed by atoms with Crippen LogP contribution in [-0.2, 0) is 33.3 Å². The van der Waals surface area contributed by atoms with E-state index < -0.39 is 24.3 Å². The van der Waals surface area contributed by atoms with Gasteiger partial charge in [-0.1, -0.05) is 214 Å². The number of aliphatic carboxylic acids is 1. The summed E-state index contributed by atoms with van der Waals surface area (Å²) >= 11 is 0. The van der Waals surface area contributed by atoms with Gasteiger partial charge in [0.1, 0.15) is 13.2 Å². The van der Waals surface area contributed by atoms with Gasteiger partial charge in [0.05, 0.1) is 34.4 Å². The molecular formula is C60H102NO8+. The van der Waals surface area contributed by atoms with Crippen molar-refractivity contribution in [2.24, 2.45) is 0 Å². The number of carbonyl (C=O) groups is 3. The van der Waals surface area contributed by atoms with Gasteiger partial charge in [-0.3, -0.25) is 9.59 Å². The zero-order chi connectivity index (χ0) is 50.6. The molecule has 2 unspecified atom stereocenters. The minimum Gasteiger partial charge on any atom is -0.477 e. The van der Waals surface area contributed by atoms with Crippen molar-refractivity contribution in [1.82, 2.24) is 0 Å².